The molecule has 4 heterocycles. The number of imide groups is 1. The number of hydrogen-bond acceptors (Lipinski definition) is 11. The van der Waals surface area contributed by atoms with Gasteiger partial charge in [0.1, 0.15) is 23.7 Å². The normalized spacial score (nSPS) is 20.0. The monoisotopic (exact) mass is 685 g/mol. The summed E-state index contributed by atoms with van der Waals surface area (Å²) in [5.41, 5.74) is -0.282. The maximum absolute atomic E-state index is 12.2. The molecule has 16 heteroatoms. The van der Waals surface area contributed by atoms with Crippen molar-refractivity contribution in [1.82, 2.24) is 20.9 Å². The molecule has 15 nitrogen and oxygen atoms in total. The van der Waals surface area contributed by atoms with Crippen molar-refractivity contribution in [2.45, 2.75) is 55.9 Å². The summed E-state index contributed by atoms with van der Waals surface area (Å²) in [6, 6.07) is 9.63. The molecule has 0 aliphatic carbocycles. The number of nitrogens with one attached hydrogen (secondary N) is 3. The number of urea groups is 1. The van der Waals surface area contributed by atoms with E-state index in [1.54, 1.807) is 24.3 Å². The van der Waals surface area contributed by atoms with Crippen LogP contribution in [0.3, 0.4) is 0 Å². The lowest BCUT2D eigenvalue weighted by Crippen LogP contribution is -2.36. The van der Waals surface area contributed by atoms with Crippen molar-refractivity contribution in [1.29, 1.82) is 0 Å². The molecule has 48 heavy (non-hydrogen) atoms. The van der Waals surface area contributed by atoms with Crippen LogP contribution in [0.1, 0.15) is 48.9 Å². The zero-order valence-electron chi connectivity index (χ0n) is 26.3. The number of pyridine rings is 1. The maximum Gasteiger partial charge on any atom is 0.339 e. The van der Waals surface area contributed by atoms with Crippen LogP contribution < -0.4 is 30.3 Å². The van der Waals surface area contributed by atoms with Crippen molar-refractivity contribution >= 4 is 47.3 Å². The topological polar surface area (TPSA) is 195 Å². The summed E-state index contributed by atoms with van der Waals surface area (Å²) in [4.78, 5) is 64.5. The minimum Gasteiger partial charge on any atom is -0.491 e. The Hall–Kier alpha value is -4.41. The van der Waals surface area contributed by atoms with Gasteiger partial charge in [0.2, 0.25) is 23.6 Å². The first-order valence-electron chi connectivity index (χ1n) is 15.9. The minimum absolute atomic E-state index is 0.00131. The number of carbonyl (C=O) groups is 5. The molecule has 3 aliphatic heterocycles. The number of aromatic nitrogens is 1. The predicted octanol–water partition coefficient (Wildman–Crippen LogP) is 2.48. The molecule has 3 aliphatic rings. The van der Waals surface area contributed by atoms with Gasteiger partial charge in [-0.05, 0) is 31.0 Å². The van der Waals surface area contributed by atoms with Crippen LogP contribution in [0, 0.1) is 0 Å². The second-order valence-electron chi connectivity index (χ2n) is 11.3. The molecule has 0 unspecified atom stereocenters. The molecule has 5 amide bonds. The number of unbranched alkanes of at least 4 members (excludes halogenated alkanes) is 1. The first-order valence-corrected chi connectivity index (χ1v) is 16.9. The van der Waals surface area contributed by atoms with Gasteiger partial charge in [0.25, 0.3) is 0 Å². The Morgan fingerprint density at radius 1 is 0.958 bits per heavy atom. The van der Waals surface area contributed by atoms with Gasteiger partial charge in [0.05, 0.1) is 38.5 Å². The van der Waals surface area contributed by atoms with E-state index >= 15 is 0 Å². The number of nitrogens with zero attached hydrogens (tertiary/aromatic N) is 2. The van der Waals surface area contributed by atoms with E-state index in [-0.39, 0.29) is 60.7 Å². The molecule has 0 spiro atoms. The molecule has 0 saturated carbocycles. The maximum atomic E-state index is 12.2. The third kappa shape index (κ3) is 9.58. The second-order valence-corrected chi connectivity index (χ2v) is 12.6. The van der Waals surface area contributed by atoms with Gasteiger partial charge in [-0.1, -0.05) is 12.5 Å². The van der Waals surface area contributed by atoms with Gasteiger partial charge in [-0.25, -0.2) is 14.5 Å². The van der Waals surface area contributed by atoms with Gasteiger partial charge in [0.15, 0.2) is 5.82 Å². The molecular weight excluding hydrogens is 646 g/mol. The van der Waals surface area contributed by atoms with Gasteiger partial charge in [0, 0.05) is 48.9 Å². The van der Waals surface area contributed by atoms with Crippen molar-refractivity contribution in [2.75, 3.05) is 50.2 Å². The third-order valence-electron chi connectivity index (χ3n) is 7.89. The fourth-order valence-corrected chi connectivity index (χ4v) is 7.10. The Bertz CT molecular complexity index is 1480. The number of thioether (sulfide) groups is 1. The molecule has 3 atom stereocenters. The van der Waals surface area contributed by atoms with Crippen molar-refractivity contribution in [2.24, 2.45) is 0 Å². The number of aromatic carboxylic acids is 1. The zero-order valence-corrected chi connectivity index (χ0v) is 27.1. The van der Waals surface area contributed by atoms with Crippen LogP contribution in [0.25, 0.3) is 0 Å². The Morgan fingerprint density at radius 3 is 2.50 bits per heavy atom. The summed E-state index contributed by atoms with van der Waals surface area (Å²) >= 11 is 1.88. The fourth-order valence-electron chi connectivity index (χ4n) is 5.55. The van der Waals surface area contributed by atoms with Crippen LogP contribution >= 0.6 is 11.8 Å². The molecule has 3 fully saturated rings. The zero-order chi connectivity index (χ0) is 33.9. The number of hydrogen-bond donors (Lipinski definition) is 4. The van der Waals surface area contributed by atoms with Crippen LogP contribution in [-0.4, -0.2) is 102 Å². The standard InChI is InChI=1S/C32H39N5O10S/c38-25(7-2-1-6-24-29-23(19-48-24)34-32(43)36-29)33-12-13-44-14-15-45-16-17-46-20-4-3-5-21(18-20)47-26-9-8-22(31(41)42)30(35-26)37-27(39)10-11-28(37)40/h3-5,8-9,18,23-24,29H,1-2,6-7,10-17,19H2,(H,33,38)(H,41,42)(H2,34,36,43)/t23-,24-,29-/m0/s1. The third-order valence-corrected chi connectivity index (χ3v) is 9.40. The van der Waals surface area contributed by atoms with E-state index < -0.39 is 17.8 Å². The molecule has 0 radical (unpaired) electrons. The van der Waals surface area contributed by atoms with E-state index in [0.717, 1.165) is 29.9 Å². The number of fused-ring (bicyclic) bond motifs is 1. The summed E-state index contributed by atoms with van der Waals surface area (Å²) in [6.07, 6.45) is 3.18. The number of carboxylic acid groups (broad SMARTS) is 1. The van der Waals surface area contributed by atoms with Crippen LogP contribution in [0.4, 0.5) is 10.6 Å². The smallest absolute Gasteiger partial charge is 0.339 e. The van der Waals surface area contributed by atoms with Crippen molar-refractivity contribution in [3.05, 3.63) is 42.0 Å². The van der Waals surface area contributed by atoms with Crippen LogP contribution in [0.15, 0.2) is 36.4 Å². The summed E-state index contributed by atoms with van der Waals surface area (Å²) in [5.74, 6) is -0.825. The molecule has 258 valence electrons. The summed E-state index contributed by atoms with van der Waals surface area (Å²) in [6.45, 7) is 2.12. The summed E-state index contributed by atoms with van der Waals surface area (Å²) in [5, 5.41) is 18.7. The van der Waals surface area contributed by atoms with E-state index in [9.17, 15) is 29.1 Å². The van der Waals surface area contributed by atoms with Gasteiger partial charge < -0.3 is 40.0 Å². The lowest BCUT2D eigenvalue weighted by atomic mass is 10.0. The number of rotatable bonds is 19. The second kappa shape index (κ2) is 17.1. The number of carbonyl (C=O) groups excluding carboxylic acids is 4. The summed E-state index contributed by atoms with van der Waals surface area (Å²) in [7, 11) is 0. The molecule has 1 aromatic carbocycles. The molecule has 4 N–H and O–H groups in total. The Balaban J connectivity index is 0.907. The van der Waals surface area contributed by atoms with Crippen molar-refractivity contribution < 1.29 is 48.0 Å². The number of ether oxygens (including phenoxy) is 4. The molecule has 2 aromatic rings. The number of amides is 5. The van der Waals surface area contributed by atoms with Gasteiger partial charge >= 0.3 is 12.0 Å². The predicted molar refractivity (Wildman–Crippen MR) is 174 cm³/mol. The van der Waals surface area contributed by atoms with Crippen LogP contribution in [0.5, 0.6) is 17.4 Å². The lowest BCUT2D eigenvalue weighted by Gasteiger charge is -2.16. The highest BCUT2D eigenvalue weighted by atomic mass is 32.2. The Kier molecular flexibility index (Phi) is 12.5. The van der Waals surface area contributed by atoms with Crippen LogP contribution in [0.2, 0.25) is 0 Å². The van der Waals surface area contributed by atoms with Crippen LogP contribution in [-0.2, 0) is 23.9 Å². The largest absolute Gasteiger partial charge is 0.491 e. The highest BCUT2D eigenvalue weighted by molar-refractivity contribution is 8.00. The van der Waals surface area contributed by atoms with E-state index in [2.05, 4.69) is 20.9 Å². The van der Waals surface area contributed by atoms with Gasteiger partial charge in [-0.3, -0.25) is 14.4 Å². The average Bonchev–Trinajstić information content (AvgIpc) is 3.73. The first-order chi connectivity index (χ1) is 23.3. The number of anilines is 1. The number of carboxylic acids is 1. The highest BCUT2D eigenvalue weighted by Crippen LogP contribution is 2.33. The average molecular weight is 686 g/mol. The number of benzene rings is 1. The molecule has 0 bridgehead atoms. The lowest BCUT2D eigenvalue weighted by molar-refractivity contribution is -0.122. The van der Waals surface area contributed by atoms with Gasteiger partial charge in [-0.15, -0.1) is 0 Å². The quantitative estimate of drug-likeness (QED) is 0.0960. The van der Waals surface area contributed by atoms with E-state index in [1.807, 2.05) is 11.8 Å². The fraction of sp³-hybridized carbons (Fsp3) is 0.500. The van der Waals surface area contributed by atoms with E-state index in [0.29, 0.717) is 56.1 Å². The highest BCUT2D eigenvalue weighted by Gasteiger charge is 2.42. The van der Waals surface area contributed by atoms with Gasteiger partial charge in [-0.2, -0.15) is 16.7 Å². The summed E-state index contributed by atoms with van der Waals surface area (Å²) < 4.78 is 22.6. The SMILES string of the molecule is O=C(CCCC[C@@H]1SC[C@@H]2NC(=O)N[C@@H]21)NCCOCCOCCOc1cccc(Oc2ccc(C(=O)O)c(N3C(=O)CCC3=O)n2)c1. The minimum atomic E-state index is -1.32. The molecule has 5 rings (SSSR count). The Morgan fingerprint density at radius 2 is 1.71 bits per heavy atom. The molecule has 3 saturated heterocycles. The molecular formula is C32H39N5O10S. The van der Waals surface area contributed by atoms with Crippen molar-refractivity contribution in [3.63, 3.8) is 0 Å². The molecule has 1 aromatic heterocycles. The Labute approximate surface area is 281 Å². The van der Waals surface area contributed by atoms with Crippen molar-refractivity contribution in [3.8, 4) is 17.4 Å². The first kappa shape index (κ1) is 34.9. The van der Waals surface area contributed by atoms with E-state index in [4.69, 9.17) is 18.9 Å². The van der Waals surface area contributed by atoms with E-state index in [1.165, 1.54) is 12.1 Å².